The third kappa shape index (κ3) is 3.55. The van der Waals surface area contributed by atoms with Gasteiger partial charge < -0.3 is 0 Å². The molecular weight excluding hydrogens is 242 g/mol. The van der Waals surface area contributed by atoms with Crippen LogP contribution in [0.1, 0.15) is 21.1 Å². The Morgan fingerprint density at radius 3 is 2.78 bits per heavy atom. The molecule has 0 aliphatic heterocycles. The second-order valence-corrected chi connectivity index (χ2v) is 5.89. The molecule has 1 N–H and O–H groups in total. The molecule has 0 aromatic carbocycles. The molecule has 2 aromatic rings. The van der Waals surface area contributed by atoms with Crippen LogP contribution in [0, 0.1) is 13.8 Å². The SMILES string of the molecule is C=CCN(Cc1cc(C)[nH]n1)Cc1ccc(C)s1. The van der Waals surface area contributed by atoms with Gasteiger partial charge in [-0.2, -0.15) is 5.10 Å². The smallest absolute Gasteiger partial charge is 0.0765 e. The molecule has 3 nitrogen and oxygen atoms in total. The maximum atomic E-state index is 4.29. The quantitative estimate of drug-likeness (QED) is 0.809. The van der Waals surface area contributed by atoms with Gasteiger partial charge in [0.25, 0.3) is 0 Å². The van der Waals surface area contributed by atoms with Crippen LogP contribution < -0.4 is 0 Å². The molecule has 2 heterocycles. The van der Waals surface area contributed by atoms with Crippen LogP contribution in [0.4, 0.5) is 0 Å². The van der Waals surface area contributed by atoms with E-state index < -0.39 is 0 Å². The minimum absolute atomic E-state index is 0.854. The van der Waals surface area contributed by atoms with Crippen LogP contribution in [0.25, 0.3) is 0 Å². The summed E-state index contributed by atoms with van der Waals surface area (Å²) in [4.78, 5) is 5.09. The Kier molecular flexibility index (Phi) is 4.33. The summed E-state index contributed by atoms with van der Waals surface area (Å²) in [5.74, 6) is 0. The van der Waals surface area contributed by atoms with E-state index in [1.54, 1.807) is 0 Å². The molecule has 0 aliphatic carbocycles. The number of hydrogen-bond donors (Lipinski definition) is 1. The van der Waals surface area contributed by atoms with E-state index in [4.69, 9.17) is 0 Å². The monoisotopic (exact) mass is 261 g/mol. The first kappa shape index (κ1) is 13.1. The van der Waals surface area contributed by atoms with Crippen LogP contribution in [0.3, 0.4) is 0 Å². The number of nitrogens with one attached hydrogen (secondary N) is 1. The Bertz CT molecular complexity index is 470. The number of hydrogen-bond acceptors (Lipinski definition) is 3. The van der Waals surface area contributed by atoms with Crippen LogP contribution in [0.15, 0.2) is 30.9 Å². The predicted molar refractivity (Wildman–Crippen MR) is 76.7 cm³/mol. The molecule has 4 heteroatoms. The summed E-state index contributed by atoms with van der Waals surface area (Å²) >= 11 is 1.85. The van der Waals surface area contributed by atoms with Crippen LogP contribution in [0.2, 0.25) is 0 Å². The van der Waals surface area contributed by atoms with Gasteiger partial charge in [0.2, 0.25) is 0 Å². The van der Waals surface area contributed by atoms with Gasteiger partial charge in [0.1, 0.15) is 0 Å². The number of aromatic amines is 1. The summed E-state index contributed by atoms with van der Waals surface area (Å²) < 4.78 is 0. The molecule has 0 aliphatic rings. The highest BCUT2D eigenvalue weighted by Crippen LogP contribution is 2.18. The molecule has 0 amide bonds. The van der Waals surface area contributed by atoms with Gasteiger partial charge in [-0.05, 0) is 32.0 Å². The molecule has 0 saturated heterocycles. The number of aromatic nitrogens is 2. The minimum atomic E-state index is 0.854. The van der Waals surface area contributed by atoms with E-state index in [-0.39, 0.29) is 0 Å². The number of nitrogens with zero attached hydrogens (tertiary/aromatic N) is 2. The highest BCUT2D eigenvalue weighted by molar-refractivity contribution is 7.11. The molecule has 0 fully saturated rings. The summed E-state index contributed by atoms with van der Waals surface area (Å²) in [5.41, 5.74) is 2.19. The third-order valence-electron chi connectivity index (χ3n) is 2.71. The average molecular weight is 261 g/mol. The first-order valence-electron chi connectivity index (χ1n) is 6.07. The van der Waals surface area contributed by atoms with E-state index >= 15 is 0 Å². The van der Waals surface area contributed by atoms with Gasteiger partial charge in [-0.25, -0.2) is 0 Å². The zero-order valence-corrected chi connectivity index (χ0v) is 11.8. The Balaban J connectivity index is 2.01. The van der Waals surface area contributed by atoms with Crippen molar-refractivity contribution in [3.05, 3.63) is 52.0 Å². The van der Waals surface area contributed by atoms with Crippen molar-refractivity contribution in [2.24, 2.45) is 0 Å². The molecule has 0 unspecified atom stereocenters. The number of thiophene rings is 1. The topological polar surface area (TPSA) is 31.9 Å². The zero-order valence-electron chi connectivity index (χ0n) is 10.9. The van der Waals surface area contributed by atoms with E-state index in [0.717, 1.165) is 31.0 Å². The molecule has 0 saturated carbocycles. The Labute approximate surface area is 112 Å². The molecule has 0 spiro atoms. The Morgan fingerprint density at radius 2 is 2.22 bits per heavy atom. The van der Waals surface area contributed by atoms with E-state index in [2.05, 4.69) is 46.8 Å². The highest BCUT2D eigenvalue weighted by Gasteiger charge is 2.08. The predicted octanol–water partition coefficient (Wildman–Crippen LogP) is 3.28. The normalized spacial score (nSPS) is 11.1. The lowest BCUT2D eigenvalue weighted by atomic mass is 10.3. The summed E-state index contributed by atoms with van der Waals surface area (Å²) in [6.07, 6.45) is 1.94. The first-order chi connectivity index (χ1) is 8.67. The van der Waals surface area contributed by atoms with Gasteiger partial charge >= 0.3 is 0 Å². The summed E-state index contributed by atoms with van der Waals surface area (Å²) in [7, 11) is 0. The Morgan fingerprint density at radius 1 is 1.39 bits per heavy atom. The molecule has 2 rings (SSSR count). The van der Waals surface area contributed by atoms with E-state index in [0.29, 0.717) is 0 Å². The van der Waals surface area contributed by atoms with Gasteiger partial charge in [0.15, 0.2) is 0 Å². The van der Waals surface area contributed by atoms with Crippen molar-refractivity contribution in [1.82, 2.24) is 15.1 Å². The zero-order chi connectivity index (χ0) is 13.0. The largest absolute Gasteiger partial charge is 0.289 e. The maximum absolute atomic E-state index is 4.29. The van der Waals surface area contributed by atoms with Crippen molar-refractivity contribution < 1.29 is 0 Å². The lowest BCUT2D eigenvalue weighted by molar-refractivity contribution is 0.285. The summed E-state index contributed by atoms with van der Waals surface area (Å²) in [5, 5.41) is 7.27. The van der Waals surface area contributed by atoms with E-state index in [1.807, 2.05) is 24.3 Å². The standard InChI is InChI=1S/C14H19N3S/c1-4-7-17(9-13-8-11(2)15-16-13)10-14-6-5-12(3)18-14/h4-6,8H,1,7,9-10H2,2-3H3,(H,15,16). The van der Waals surface area contributed by atoms with Crippen LogP contribution in [-0.4, -0.2) is 21.6 Å². The average Bonchev–Trinajstić information content (AvgIpc) is 2.89. The maximum Gasteiger partial charge on any atom is 0.0765 e. The molecular formula is C14H19N3S. The van der Waals surface area contributed by atoms with Crippen molar-refractivity contribution in [3.63, 3.8) is 0 Å². The van der Waals surface area contributed by atoms with Gasteiger partial charge in [0.05, 0.1) is 5.69 Å². The number of aryl methyl sites for hydroxylation is 2. The number of H-pyrrole nitrogens is 1. The molecule has 0 bridgehead atoms. The lowest BCUT2D eigenvalue weighted by Crippen LogP contribution is -2.22. The molecule has 96 valence electrons. The van der Waals surface area contributed by atoms with Crippen molar-refractivity contribution in [3.8, 4) is 0 Å². The van der Waals surface area contributed by atoms with E-state index in [9.17, 15) is 0 Å². The fourth-order valence-corrected chi connectivity index (χ4v) is 2.88. The fraction of sp³-hybridized carbons (Fsp3) is 0.357. The van der Waals surface area contributed by atoms with Crippen LogP contribution in [-0.2, 0) is 13.1 Å². The highest BCUT2D eigenvalue weighted by atomic mass is 32.1. The van der Waals surface area contributed by atoms with Crippen molar-refractivity contribution in [2.75, 3.05) is 6.54 Å². The van der Waals surface area contributed by atoms with Crippen LogP contribution in [0.5, 0.6) is 0 Å². The summed E-state index contributed by atoms with van der Waals surface area (Å²) in [6.45, 7) is 10.7. The summed E-state index contributed by atoms with van der Waals surface area (Å²) in [6, 6.07) is 6.46. The van der Waals surface area contributed by atoms with E-state index in [1.165, 1.54) is 9.75 Å². The van der Waals surface area contributed by atoms with Gasteiger partial charge in [-0.3, -0.25) is 10.00 Å². The van der Waals surface area contributed by atoms with Gasteiger partial charge in [-0.15, -0.1) is 17.9 Å². The first-order valence-corrected chi connectivity index (χ1v) is 6.88. The molecule has 0 radical (unpaired) electrons. The van der Waals surface area contributed by atoms with Crippen molar-refractivity contribution >= 4 is 11.3 Å². The second kappa shape index (κ2) is 5.98. The Hall–Kier alpha value is -1.39. The fourth-order valence-electron chi connectivity index (χ4n) is 1.94. The van der Waals surface area contributed by atoms with Gasteiger partial charge in [0, 0.05) is 35.1 Å². The second-order valence-electron chi connectivity index (χ2n) is 4.51. The molecule has 0 atom stereocenters. The van der Waals surface area contributed by atoms with Crippen molar-refractivity contribution in [2.45, 2.75) is 26.9 Å². The van der Waals surface area contributed by atoms with Gasteiger partial charge in [-0.1, -0.05) is 6.08 Å². The minimum Gasteiger partial charge on any atom is -0.289 e. The molecule has 2 aromatic heterocycles. The lowest BCUT2D eigenvalue weighted by Gasteiger charge is -2.18. The third-order valence-corrected chi connectivity index (χ3v) is 3.69. The molecule has 18 heavy (non-hydrogen) atoms. The van der Waals surface area contributed by atoms with Crippen molar-refractivity contribution in [1.29, 1.82) is 0 Å². The van der Waals surface area contributed by atoms with Crippen LogP contribution >= 0.6 is 11.3 Å². The number of rotatable bonds is 6.